The first-order valence-corrected chi connectivity index (χ1v) is 7.83. The van der Waals surface area contributed by atoms with Crippen LogP contribution in [0.15, 0.2) is 23.8 Å². The number of phenolic OH excluding ortho intramolecular Hbond substituents is 1. The van der Waals surface area contributed by atoms with Crippen LogP contribution in [0, 0.1) is 0 Å². The Kier molecular flexibility index (Phi) is 5.80. The van der Waals surface area contributed by atoms with Crippen LogP contribution >= 0.6 is 0 Å². The molecule has 1 aromatic rings. The minimum atomic E-state index is -1.12. The molecule has 0 radical (unpaired) electrons. The molecule has 1 aliphatic rings. The normalized spacial score (nSPS) is 17.5. The maximum atomic E-state index is 11.3. The van der Waals surface area contributed by atoms with Crippen molar-refractivity contribution < 1.29 is 24.5 Å². The topological polar surface area (TPSA) is 76.0 Å². The van der Waals surface area contributed by atoms with Gasteiger partial charge in [0, 0.05) is 12.0 Å². The molecule has 0 spiro atoms. The molecule has 0 fully saturated rings. The molecule has 0 aliphatic carbocycles. The molecule has 0 aromatic heterocycles. The van der Waals surface area contributed by atoms with Crippen molar-refractivity contribution in [2.75, 3.05) is 6.61 Å². The Balaban J connectivity index is 2.11. The van der Waals surface area contributed by atoms with E-state index in [1.807, 2.05) is 19.9 Å². The summed E-state index contributed by atoms with van der Waals surface area (Å²) in [7, 11) is 0. The minimum Gasteiger partial charge on any atom is -0.508 e. The summed E-state index contributed by atoms with van der Waals surface area (Å²) >= 11 is 0. The number of benzene rings is 1. The molecule has 0 saturated heterocycles. The first-order valence-electron chi connectivity index (χ1n) is 7.83. The highest BCUT2D eigenvalue weighted by molar-refractivity contribution is 5.73. The minimum absolute atomic E-state index is 0.172. The maximum Gasteiger partial charge on any atom is 0.334 e. The van der Waals surface area contributed by atoms with E-state index < -0.39 is 12.1 Å². The third-order valence-electron chi connectivity index (χ3n) is 3.87. The number of aromatic hydroxyl groups is 1. The van der Waals surface area contributed by atoms with Crippen molar-refractivity contribution in [2.24, 2.45) is 0 Å². The molecule has 0 bridgehead atoms. The fourth-order valence-electron chi connectivity index (χ4n) is 2.63. The monoisotopic (exact) mass is 320 g/mol. The average Bonchev–Trinajstić information content (AvgIpc) is 2.91. The van der Waals surface area contributed by atoms with Crippen molar-refractivity contribution in [3.8, 4) is 5.75 Å². The van der Waals surface area contributed by atoms with Crippen LogP contribution < -0.4 is 0 Å². The Morgan fingerprint density at radius 2 is 2.22 bits per heavy atom. The summed E-state index contributed by atoms with van der Waals surface area (Å²) in [5.41, 5.74) is 4.16. The summed E-state index contributed by atoms with van der Waals surface area (Å²) in [5.74, 6) is -0.395. The molecule has 1 aromatic carbocycles. The predicted molar refractivity (Wildman–Crippen MR) is 86.0 cm³/mol. The van der Waals surface area contributed by atoms with Gasteiger partial charge in [-0.25, -0.2) is 4.79 Å². The molecule has 5 heteroatoms. The van der Waals surface area contributed by atoms with Crippen LogP contribution in [-0.4, -0.2) is 28.9 Å². The average molecular weight is 320 g/mol. The van der Waals surface area contributed by atoms with Crippen molar-refractivity contribution >= 4 is 5.97 Å². The van der Waals surface area contributed by atoms with E-state index in [2.05, 4.69) is 6.08 Å². The number of aliphatic hydroxyl groups excluding tert-OH is 1. The van der Waals surface area contributed by atoms with E-state index in [4.69, 9.17) is 14.6 Å². The highest BCUT2D eigenvalue weighted by atomic mass is 16.5. The summed E-state index contributed by atoms with van der Waals surface area (Å²) in [5, 5.41) is 19.2. The third kappa shape index (κ3) is 4.33. The van der Waals surface area contributed by atoms with Gasteiger partial charge < -0.3 is 19.7 Å². The van der Waals surface area contributed by atoms with E-state index in [0.29, 0.717) is 13.0 Å². The molecule has 0 unspecified atom stereocenters. The second-order valence-electron chi connectivity index (χ2n) is 6.05. The lowest BCUT2D eigenvalue weighted by Crippen LogP contribution is -2.20. The van der Waals surface area contributed by atoms with Crippen LogP contribution in [0.3, 0.4) is 0 Å². The Labute approximate surface area is 136 Å². The molecule has 1 heterocycles. The van der Waals surface area contributed by atoms with Gasteiger partial charge in [0.2, 0.25) is 0 Å². The number of fused-ring (bicyclic) bond motifs is 1. The molecule has 23 heavy (non-hydrogen) atoms. The van der Waals surface area contributed by atoms with Crippen molar-refractivity contribution in [3.05, 3.63) is 40.5 Å². The van der Waals surface area contributed by atoms with Gasteiger partial charge in [0.1, 0.15) is 11.9 Å². The highest BCUT2D eigenvalue weighted by Crippen LogP contribution is 2.40. The van der Waals surface area contributed by atoms with Crippen LogP contribution in [0.2, 0.25) is 0 Å². The number of phenols is 1. The van der Waals surface area contributed by atoms with Gasteiger partial charge in [0.25, 0.3) is 0 Å². The van der Waals surface area contributed by atoms with Gasteiger partial charge in [0.05, 0.1) is 19.3 Å². The Hall–Kier alpha value is -1.85. The Morgan fingerprint density at radius 1 is 1.48 bits per heavy atom. The second-order valence-corrected chi connectivity index (χ2v) is 6.05. The van der Waals surface area contributed by atoms with E-state index in [9.17, 15) is 9.90 Å². The van der Waals surface area contributed by atoms with Crippen LogP contribution in [0.5, 0.6) is 5.75 Å². The highest BCUT2D eigenvalue weighted by Gasteiger charge is 2.28. The zero-order chi connectivity index (χ0) is 17.0. The second kappa shape index (κ2) is 7.62. The zero-order valence-corrected chi connectivity index (χ0v) is 13.8. The van der Waals surface area contributed by atoms with E-state index in [0.717, 1.165) is 23.1 Å². The molecular formula is C18H24O5. The number of carbonyl (C=O) groups is 1. The van der Waals surface area contributed by atoms with Crippen molar-refractivity contribution in [3.63, 3.8) is 0 Å². The first kappa shape index (κ1) is 17.5. The number of carbonyl (C=O) groups excluding carboxylic acids is 1. The van der Waals surface area contributed by atoms with Gasteiger partial charge in [-0.1, -0.05) is 17.7 Å². The molecule has 5 nitrogen and oxygen atoms in total. The lowest BCUT2D eigenvalue weighted by Gasteiger charge is -2.15. The molecule has 2 atom stereocenters. The molecule has 2 rings (SSSR count). The summed E-state index contributed by atoms with van der Waals surface area (Å²) in [6.45, 7) is 6.00. The molecule has 2 N–H and O–H groups in total. The summed E-state index contributed by atoms with van der Waals surface area (Å²) in [4.78, 5) is 11.3. The number of rotatable bonds is 6. The van der Waals surface area contributed by atoms with Crippen molar-refractivity contribution in [1.29, 1.82) is 0 Å². The van der Waals surface area contributed by atoms with E-state index in [-0.39, 0.29) is 18.5 Å². The number of aliphatic hydroxyl groups is 1. The van der Waals surface area contributed by atoms with Gasteiger partial charge in [-0.05, 0) is 44.4 Å². The summed E-state index contributed by atoms with van der Waals surface area (Å²) < 4.78 is 10.8. The summed E-state index contributed by atoms with van der Waals surface area (Å²) in [6.07, 6.45) is 2.08. The van der Waals surface area contributed by atoms with Gasteiger partial charge >= 0.3 is 5.97 Å². The van der Waals surface area contributed by atoms with Gasteiger partial charge in [0.15, 0.2) is 0 Å². The van der Waals surface area contributed by atoms with Crippen LogP contribution in [0.25, 0.3) is 0 Å². The fourth-order valence-corrected chi connectivity index (χ4v) is 2.63. The summed E-state index contributed by atoms with van der Waals surface area (Å²) in [6, 6.07) is 3.61. The first-order chi connectivity index (χ1) is 10.9. The molecule has 1 aliphatic heterocycles. The lowest BCUT2D eigenvalue weighted by molar-refractivity contribution is -0.153. The number of ether oxygens (including phenoxy) is 2. The van der Waals surface area contributed by atoms with Gasteiger partial charge in [-0.15, -0.1) is 0 Å². The van der Waals surface area contributed by atoms with Crippen molar-refractivity contribution in [2.45, 2.75) is 52.4 Å². The number of hydrogen-bond acceptors (Lipinski definition) is 5. The molecule has 0 amide bonds. The smallest absolute Gasteiger partial charge is 0.334 e. The SMILES string of the molecule is CC(C)=CCc1ccc(O)c2c1[C@@H](CCOC(=O)[C@H](C)O)OC2. The largest absolute Gasteiger partial charge is 0.508 e. The van der Waals surface area contributed by atoms with Crippen LogP contribution in [0.4, 0.5) is 0 Å². The molecular weight excluding hydrogens is 296 g/mol. The zero-order valence-electron chi connectivity index (χ0n) is 13.8. The van der Waals surface area contributed by atoms with Crippen LogP contribution in [-0.2, 0) is 27.3 Å². The van der Waals surface area contributed by atoms with Crippen LogP contribution in [0.1, 0.15) is 50.0 Å². The fraction of sp³-hybridized carbons (Fsp3) is 0.500. The number of allylic oxidation sites excluding steroid dienone is 2. The number of hydrogen-bond donors (Lipinski definition) is 2. The lowest BCUT2D eigenvalue weighted by atomic mass is 9.94. The molecule has 126 valence electrons. The Morgan fingerprint density at radius 3 is 2.87 bits per heavy atom. The van der Waals surface area contributed by atoms with E-state index >= 15 is 0 Å². The van der Waals surface area contributed by atoms with E-state index in [1.165, 1.54) is 12.5 Å². The Bertz CT molecular complexity index is 600. The molecule has 0 saturated carbocycles. The maximum absolute atomic E-state index is 11.3. The quantitative estimate of drug-likeness (QED) is 0.622. The van der Waals surface area contributed by atoms with Gasteiger partial charge in [-0.2, -0.15) is 0 Å². The standard InChI is InChI=1S/C18H24O5/c1-11(2)4-5-13-6-7-15(20)14-10-23-16(17(13)14)8-9-22-18(21)12(3)19/h4,6-7,12,16,19-20H,5,8-10H2,1-3H3/t12-,16+/m0/s1. The number of esters is 1. The van der Waals surface area contributed by atoms with Gasteiger partial charge in [-0.3, -0.25) is 0 Å². The van der Waals surface area contributed by atoms with Crippen molar-refractivity contribution in [1.82, 2.24) is 0 Å². The van der Waals surface area contributed by atoms with E-state index in [1.54, 1.807) is 6.07 Å². The predicted octanol–water partition coefficient (Wildman–Crippen LogP) is 2.79. The third-order valence-corrected chi connectivity index (χ3v) is 3.87.